The molecule has 0 atom stereocenters. The van der Waals surface area contributed by atoms with E-state index in [0.717, 1.165) is 13.2 Å². The predicted molar refractivity (Wildman–Crippen MR) is 66.6 cm³/mol. The summed E-state index contributed by atoms with van der Waals surface area (Å²) in [6, 6.07) is 0. The highest BCUT2D eigenvalue weighted by atomic mass is 32.2. The van der Waals surface area contributed by atoms with Crippen LogP contribution in [0.25, 0.3) is 0 Å². The minimum atomic E-state index is -7.37. The van der Waals surface area contributed by atoms with Gasteiger partial charge >= 0.3 is 33.4 Å². The molecular weight excluding hydrogens is 399 g/mol. The second kappa shape index (κ2) is 7.09. The summed E-state index contributed by atoms with van der Waals surface area (Å²) < 4.78 is 134. The van der Waals surface area contributed by atoms with E-state index in [-0.39, 0.29) is 0 Å². The highest BCUT2D eigenvalue weighted by molar-refractivity contribution is 7.87. The number of alkyl halides is 9. The summed E-state index contributed by atoms with van der Waals surface area (Å²) in [7, 11) is -5.09. The summed E-state index contributed by atoms with van der Waals surface area (Å²) in [6.45, 7) is 4.32. The fourth-order valence-corrected chi connectivity index (χ4v) is 1.77. The summed E-state index contributed by atoms with van der Waals surface area (Å²) in [4.78, 5) is 4.41. The smallest absolute Gasteiger partial charge is 0.362 e. The van der Waals surface area contributed by atoms with E-state index < -0.39 is 33.4 Å². The summed E-state index contributed by atoms with van der Waals surface area (Å²) in [5.74, 6) is -14.7. The first-order valence-electron chi connectivity index (χ1n) is 6.12. The van der Waals surface area contributed by atoms with Gasteiger partial charge in [0.15, 0.2) is 0 Å². The van der Waals surface area contributed by atoms with Crippen LogP contribution in [0.15, 0.2) is 12.4 Å². The van der Waals surface area contributed by atoms with Gasteiger partial charge in [0, 0.05) is 26.0 Å². The Morgan fingerprint density at radius 1 is 0.960 bits per heavy atom. The van der Waals surface area contributed by atoms with E-state index in [1.165, 1.54) is 0 Å². The monoisotopic (exact) mass is 412 g/mol. The van der Waals surface area contributed by atoms with Crippen LogP contribution in [0.1, 0.15) is 6.92 Å². The van der Waals surface area contributed by atoms with Crippen LogP contribution in [-0.4, -0.2) is 66.3 Å². The molecule has 1 N–H and O–H groups in total. The van der Waals surface area contributed by atoms with E-state index in [4.69, 9.17) is 4.55 Å². The van der Waals surface area contributed by atoms with Gasteiger partial charge in [0.2, 0.25) is 0 Å². The maximum Gasteiger partial charge on any atom is 0.460 e. The molecule has 0 saturated heterocycles. The first-order valence-corrected chi connectivity index (χ1v) is 7.56. The van der Waals surface area contributed by atoms with Crippen LogP contribution in [-0.2, 0) is 10.1 Å². The average Bonchev–Trinajstić information content (AvgIpc) is 2.82. The van der Waals surface area contributed by atoms with Crippen molar-refractivity contribution in [2.45, 2.75) is 30.2 Å². The van der Waals surface area contributed by atoms with Crippen molar-refractivity contribution in [3.8, 4) is 0 Å². The SMILES string of the molecule is CCN1C=CN(C)C1.O=S(=O)(O)C(F)(F)C(F)(F)C(F)(F)C(F)(F)F. The van der Waals surface area contributed by atoms with Crippen molar-refractivity contribution >= 4 is 10.1 Å². The predicted octanol–water partition coefficient (Wildman–Crippen LogP) is 2.98. The van der Waals surface area contributed by atoms with Crippen molar-refractivity contribution in [2.75, 3.05) is 20.3 Å². The molecule has 25 heavy (non-hydrogen) atoms. The molecule has 0 aromatic heterocycles. The van der Waals surface area contributed by atoms with Gasteiger partial charge in [-0.2, -0.15) is 47.9 Å². The van der Waals surface area contributed by atoms with Crippen LogP contribution >= 0.6 is 0 Å². The van der Waals surface area contributed by atoms with Gasteiger partial charge in [0.25, 0.3) is 0 Å². The standard InChI is InChI=1S/C6H12N2.C4HF9O3S/c1-3-8-5-4-7(2)6-8;5-1(6,3(9,10)11)2(7,8)4(12,13)17(14,15)16/h4-5H,3,6H2,1-2H3;(H,14,15,16). The third-order valence-electron chi connectivity index (χ3n) is 2.78. The lowest BCUT2D eigenvalue weighted by atomic mass is 10.1. The van der Waals surface area contributed by atoms with Gasteiger partial charge < -0.3 is 9.80 Å². The van der Waals surface area contributed by atoms with Gasteiger partial charge in [0.1, 0.15) is 0 Å². The second-order valence-electron chi connectivity index (χ2n) is 4.74. The van der Waals surface area contributed by atoms with Crippen molar-refractivity contribution in [2.24, 2.45) is 0 Å². The molecule has 1 aliphatic heterocycles. The van der Waals surface area contributed by atoms with Crippen molar-refractivity contribution in [3.63, 3.8) is 0 Å². The Balaban J connectivity index is 0.000000593. The van der Waals surface area contributed by atoms with E-state index >= 15 is 0 Å². The van der Waals surface area contributed by atoms with E-state index in [1.807, 2.05) is 0 Å². The fourth-order valence-electron chi connectivity index (χ4n) is 1.32. The van der Waals surface area contributed by atoms with E-state index in [0.29, 0.717) is 0 Å². The first-order chi connectivity index (χ1) is 10.8. The third-order valence-corrected chi connectivity index (χ3v) is 3.69. The number of hydrogen-bond donors (Lipinski definition) is 1. The van der Waals surface area contributed by atoms with Gasteiger partial charge in [0.05, 0.1) is 6.67 Å². The van der Waals surface area contributed by atoms with E-state index in [2.05, 4.69) is 36.2 Å². The molecule has 0 amide bonds. The molecule has 150 valence electrons. The zero-order chi connectivity index (χ0) is 20.5. The molecule has 5 nitrogen and oxygen atoms in total. The molecule has 0 bridgehead atoms. The van der Waals surface area contributed by atoms with Crippen LogP contribution in [0.5, 0.6) is 0 Å². The molecule has 0 unspecified atom stereocenters. The average molecular weight is 412 g/mol. The molecule has 0 aromatic carbocycles. The lowest BCUT2D eigenvalue weighted by Crippen LogP contribution is -2.63. The number of hydrogen-bond acceptors (Lipinski definition) is 4. The number of halogens is 9. The normalized spacial score (nSPS) is 16.8. The zero-order valence-electron chi connectivity index (χ0n) is 12.5. The minimum absolute atomic E-state index is 1.05. The van der Waals surface area contributed by atoms with Crippen LogP contribution in [0, 0.1) is 0 Å². The highest BCUT2D eigenvalue weighted by Crippen LogP contribution is 2.54. The van der Waals surface area contributed by atoms with Gasteiger partial charge in [-0.1, -0.05) is 0 Å². The largest absolute Gasteiger partial charge is 0.460 e. The molecule has 1 heterocycles. The fraction of sp³-hybridized carbons (Fsp3) is 0.800. The molecule has 0 radical (unpaired) electrons. The molecule has 0 aliphatic carbocycles. The van der Waals surface area contributed by atoms with Crippen molar-refractivity contribution < 1.29 is 52.5 Å². The van der Waals surface area contributed by atoms with Gasteiger partial charge in [-0.15, -0.1) is 0 Å². The summed E-state index contributed by atoms with van der Waals surface area (Å²) >= 11 is 0. The topological polar surface area (TPSA) is 60.9 Å². The Hall–Kier alpha value is -1.38. The Morgan fingerprint density at radius 3 is 1.60 bits per heavy atom. The molecule has 0 aromatic rings. The highest BCUT2D eigenvalue weighted by Gasteiger charge is 2.85. The van der Waals surface area contributed by atoms with Crippen molar-refractivity contribution in [3.05, 3.63) is 12.4 Å². The Labute approximate surface area is 136 Å². The number of rotatable bonds is 4. The summed E-state index contributed by atoms with van der Waals surface area (Å²) in [5, 5.41) is -7.00. The van der Waals surface area contributed by atoms with Crippen molar-refractivity contribution in [1.29, 1.82) is 0 Å². The van der Waals surface area contributed by atoms with Gasteiger partial charge in [-0.05, 0) is 6.92 Å². The second-order valence-corrected chi connectivity index (χ2v) is 6.20. The summed E-state index contributed by atoms with van der Waals surface area (Å²) in [6.07, 6.45) is -2.94. The molecule has 15 heteroatoms. The van der Waals surface area contributed by atoms with Crippen LogP contribution in [0.3, 0.4) is 0 Å². The Morgan fingerprint density at radius 2 is 1.40 bits per heavy atom. The lowest BCUT2D eigenvalue weighted by Gasteiger charge is -2.31. The quantitative estimate of drug-likeness (QED) is 0.569. The Kier molecular flexibility index (Phi) is 6.70. The summed E-state index contributed by atoms with van der Waals surface area (Å²) in [5.41, 5.74) is 0. The Bertz CT molecular complexity index is 589. The lowest BCUT2D eigenvalue weighted by molar-refractivity contribution is -0.382. The maximum absolute atomic E-state index is 12.2. The minimum Gasteiger partial charge on any atom is -0.362 e. The van der Waals surface area contributed by atoms with Gasteiger partial charge in [-0.25, -0.2) is 0 Å². The van der Waals surface area contributed by atoms with E-state index in [1.54, 1.807) is 0 Å². The zero-order valence-corrected chi connectivity index (χ0v) is 13.4. The molecule has 0 spiro atoms. The number of nitrogens with zero attached hydrogens (tertiary/aromatic N) is 2. The van der Waals surface area contributed by atoms with Gasteiger partial charge in [-0.3, -0.25) is 4.55 Å². The van der Waals surface area contributed by atoms with Crippen LogP contribution in [0.2, 0.25) is 0 Å². The third kappa shape index (κ3) is 4.62. The van der Waals surface area contributed by atoms with E-state index in [9.17, 15) is 47.9 Å². The van der Waals surface area contributed by atoms with Crippen LogP contribution < -0.4 is 0 Å². The molecule has 0 saturated carbocycles. The molecule has 1 aliphatic rings. The van der Waals surface area contributed by atoms with Crippen molar-refractivity contribution in [1.82, 2.24) is 9.80 Å². The molecule has 1 rings (SSSR count). The molecule has 0 fully saturated rings. The maximum atomic E-state index is 12.2. The molecular formula is C10H13F9N2O3S. The first kappa shape index (κ1) is 23.6. The van der Waals surface area contributed by atoms with Crippen LogP contribution in [0.4, 0.5) is 39.5 Å².